The van der Waals surface area contributed by atoms with Gasteiger partial charge in [-0.2, -0.15) is 0 Å². The summed E-state index contributed by atoms with van der Waals surface area (Å²) < 4.78 is 11.5. The zero-order valence-corrected chi connectivity index (χ0v) is 13.2. The predicted octanol–water partition coefficient (Wildman–Crippen LogP) is 4.57. The summed E-state index contributed by atoms with van der Waals surface area (Å²) in [5, 5.41) is 1.82. The summed E-state index contributed by atoms with van der Waals surface area (Å²) in [5.41, 5.74) is 0.488. The molecule has 0 unspecified atom stereocenters. The minimum absolute atomic E-state index is 0.334. The van der Waals surface area contributed by atoms with Crippen molar-refractivity contribution in [1.82, 2.24) is 0 Å². The molecule has 0 aliphatic carbocycles. The third-order valence-corrected chi connectivity index (χ3v) is 3.59. The van der Waals surface area contributed by atoms with E-state index in [1.807, 2.05) is 24.3 Å². The van der Waals surface area contributed by atoms with E-state index in [0.717, 1.165) is 28.1 Å². The van der Waals surface area contributed by atoms with E-state index in [2.05, 4.69) is 22.9 Å². The first-order valence-electron chi connectivity index (χ1n) is 6.60. The Balaban J connectivity index is 2.47. The van der Waals surface area contributed by atoms with Crippen LogP contribution in [0.4, 0.5) is 0 Å². The molecule has 0 fully saturated rings. The van der Waals surface area contributed by atoms with Crippen LogP contribution in [0.1, 0.15) is 30.1 Å². The summed E-state index contributed by atoms with van der Waals surface area (Å²) in [4.78, 5) is 12.3. The van der Waals surface area contributed by atoms with Gasteiger partial charge in [-0.3, -0.25) is 0 Å². The molecule has 0 amide bonds. The van der Waals surface area contributed by atoms with E-state index in [9.17, 15) is 4.79 Å². The number of hydrogen-bond donors (Lipinski definition) is 0. The van der Waals surface area contributed by atoms with Gasteiger partial charge >= 0.3 is 5.97 Å². The lowest BCUT2D eigenvalue weighted by atomic mass is 10.0. The zero-order valence-electron chi connectivity index (χ0n) is 11.6. The topological polar surface area (TPSA) is 35.5 Å². The van der Waals surface area contributed by atoms with Crippen LogP contribution in [0.15, 0.2) is 34.8 Å². The molecule has 2 rings (SSSR count). The van der Waals surface area contributed by atoms with Crippen LogP contribution in [0.5, 0.6) is 5.75 Å². The van der Waals surface area contributed by atoms with Crippen molar-refractivity contribution < 1.29 is 14.3 Å². The van der Waals surface area contributed by atoms with Gasteiger partial charge in [-0.25, -0.2) is 4.79 Å². The average molecular weight is 337 g/mol. The fourth-order valence-corrected chi connectivity index (χ4v) is 2.39. The Morgan fingerprint density at radius 2 is 2.00 bits per heavy atom. The largest absolute Gasteiger partial charge is 0.496 e. The van der Waals surface area contributed by atoms with Gasteiger partial charge in [0, 0.05) is 9.86 Å². The SMILES string of the molecule is CCCCOC(=O)c1c(OC)ccc2ccc(Br)cc12. The first-order chi connectivity index (χ1) is 9.67. The maximum atomic E-state index is 12.3. The van der Waals surface area contributed by atoms with E-state index in [1.165, 1.54) is 0 Å². The van der Waals surface area contributed by atoms with Crippen molar-refractivity contribution >= 4 is 32.7 Å². The van der Waals surface area contributed by atoms with Gasteiger partial charge < -0.3 is 9.47 Å². The number of esters is 1. The average Bonchev–Trinajstić information content (AvgIpc) is 2.45. The van der Waals surface area contributed by atoms with Gasteiger partial charge in [-0.1, -0.05) is 41.4 Å². The van der Waals surface area contributed by atoms with Crippen LogP contribution in [0, 0.1) is 0 Å². The second-order valence-electron chi connectivity index (χ2n) is 4.50. The van der Waals surface area contributed by atoms with E-state index < -0.39 is 0 Å². The zero-order chi connectivity index (χ0) is 14.5. The summed E-state index contributed by atoms with van der Waals surface area (Å²) in [5.74, 6) is 0.205. The molecule has 0 radical (unpaired) electrons. The number of methoxy groups -OCH3 is 1. The van der Waals surface area contributed by atoms with Crippen molar-refractivity contribution in [3.63, 3.8) is 0 Å². The predicted molar refractivity (Wildman–Crippen MR) is 83.4 cm³/mol. The molecule has 0 atom stereocenters. The second-order valence-corrected chi connectivity index (χ2v) is 5.41. The lowest BCUT2D eigenvalue weighted by Gasteiger charge is -2.12. The third-order valence-electron chi connectivity index (χ3n) is 3.10. The highest BCUT2D eigenvalue weighted by atomic mass is 79.9. The Bertz CT molecular complexity index is 622. The van der Waals surface area contributed by atoms with Crippen LogP contribution >= 0.6 is 15.9 Å². The van der Waals surface area contributed by atoms with Gasteiger partial charge in [0.25, 0.3) is 0 Å². The smallest absolute Gasteiger partial charge is 0.342 e. The molecule has 2 aromatic carbocycles. The Morgan fingerprint density at radius 3 is 2.70 bits per heavy atom. The number of rotatable bonds is 5. The highest BCUT2D eigenvalue weighted by Gasteiger charge is 2.17. The monoisotopic (exact) mass is 336 g/mol. The van der Waals surface area contributed by atoms with Crippen molar-refractivity contribution in [3.8, 4) is 5.75 Å². The number of benzene rings is 2. The number of hydrogen-bond acceptors (Lipinski definition) is 3. The Hall–Kier alpha value is -1.55. The first-order valence-corrected chi connectivity index (χ1v) is 7.40. The summed E-state index contributed by atoms with van der Waals surface area (Å²) in [6, 6.07) is 9.55. The molecule has 0 heterocycles. The van der Waals surface area contributed by atoms with E-state index in [0.29, 0.717) is 17.9 Å². The van der Waals surface area contributed by atoms with Crippen molar-refractivity contribution in [1.29, 1.82) is 0 Å². The number of halogens is 1. The number of carbonyl (C=O) groups excluding carboxylic acids is 1. The van der Waals surface area contributed by atoms with E-state index in [4.69, 9.17) is 9.47 Å². The third kappa shape index (κ3) is 3.12. The molecule has 3 nitrogen and oxygen atoms in total. The van der Waals surface area contributed by atoms with Crippen LogP contribution in [-0.2, 0) is 4.74 Å². The standard InChI is InChI=1S/C16H17BrO3/c1-3-4-9-20-16(18)15-13-10-12(17)7-5-11(13)6-8-14(15)19-2/h5-8,10H,3-4,9H2,1-2H3. The van der Waals surface area contributed by atoms with Crippen LogP contribution in [0.25, 0.3) is 10.8 Å². The lowest BCUT2D eigenvalue weighted by molar-refractivity contribution is 0.0498. The van der Waals surface area contributed by atoms with Crippen molar-refractivity contribution in [3.05, 3.63) is 40.4 Å². The molecule has 0 aliphatic rings. The molecule has 20 heavy (non-hydrogen) atoms. The quantitative estimate of drug-likeness (QED) is 0.592. The highest BCUT2D eigenvalue weighted by Crippen LogP contribution is 2.30. The van der Waals surface area contributed by atoms with Gasteiger partial charge in [0.2, 0.25) is 0 Å². The molecule has 0 bridgehead atoms. The van der Waals surface area contributed by atoms with E-state index in [-0.39, 0.29) is 5.97 Å². The molecule has 0 saturated carbocycles. The Morgan fingerprint density at radius 1 is 1.25 bits per heavy atom. The van der Waals surface area contributed by atoms with Gasteiger partial charge in [0.05, 0.1) is 13.7 Å². The normalized spacial score (nSPS) is 10.6. The minimum Gasteiger partial charge on any atom is -0.496 e. The van der Waals surface area contributed by atoms with Crippen molar-refractivity contribution in [2.75, 3.05) is 13.7 Å². The van der Waals surface area contributed by atoms with Crippen LogP contribution in [0.3, 0.4) is 0 Å². The summed E-state index contributed by atoms with van der Waals surface area (Å²) in [6.07, 6.45) is 1.86. The molecule has 0 saturated heterocycles. The lowest BCUT2D eigenvalue weighted by Crippen LogP contribution is -2.09. The van der Waals surface area contributed by atoms with Crippen molar-refractivity contribution in [2.45, 2.75) is 19.8 Å². The van der Waals surface area contributed by atoms with Crippen LogP contribution in [-0.4, -0.2) is 19.7 Å². The fourth-order valence-electron chi connectivity index (χ4n) is 2.03. The van der Waals surface area contributed by atoms with Gasteiger partial charge in [-0.15, -0.1) is 0 Å². The molecule has 0 spiro atoms. The summed E-state index contributed by atoms with van der Waals surface area (Å²) in [6.45, 7) is 2.49. The molecule has 0 aromatic heterocycles. The second kappa shape index (κ2) is 6.75. The van der Waals surface area contributed by atoms with Crippen LogP contribution < -0.4 is 4.74 Å². The number of ether oxygens (including phenoxy) is 2. The fraction of sp³-hybridized carbons (Fsp3) is 0.312. The Kier molecular flexibility index (Phi) is 5.01. The minimum atomic E-state index is -0.334. The number of unbranched alkanes of at least 4 members (excludes halogenated alkanes) is 1. The van der Waals surface area contributed by atoms with Gasteiger partial charge in [-0.05, 0) is 30.0 Å². The first kappa shape index (κ1) is 14.9. The van der Waals surface area contributed by atoms with E-state index in [1.54, 1.807) is 13.2 Å². The molecular weight excluding hydrogens is 320 g/mol. The highest BCUT2D eigenvalue weighted by molar-refractivity contribution is 9.10. The van der Waals surface area contributed by atoms with Crippen molar-refractivity contribution in [2.24, 2.45) is 0 Å². The maximum Gasteiger partial charge on any atom is 0.342 e. The van der Waals surface area contributed by atoms with Crippen LogP contribution in [0.2, 0.25) is 0 Å². The molecule has 2 aromatic rings. The maximum absolute atomic E-state index is 12.3. The van der Waals surface area contributed by atoms with Gasteiger partial charge in [0.1, 0.15) is 11.3 Å². The number of carbonyl (C=O) groups is 1. The van der Waals surface area contributed by atoms with Gasteiger partial charge in [0.15, 0.2) is 0 Å². The molecular formula is C16H17BrO3. The molecule has 0 N–H and O–H groups in total. The molecule has 106 valence electrons. The summed E-state index contributed by atoms with van der Waals surface area (Å²) in [7, 11) is 1.56. The number of fused-ring (bicyclic) bond motifs is 1. The summed E-state index contributed by atoms with van der Waals surface area (Å²) >= 11 is 3.43. The Labute approximate surface area is 127 Å². The van der Waals surface area contributed by atoms with E-state index >= 15 is 0 Å². The molecule has 4 heteroatoms. The molecule has 0 aliphatic heterocycles.